The molecule has 0 saturated heterocycles. The lowest BCUT2D eigenvalue weighted by atomic mass is 10.0. The first-order valence-electron chi connectivity index (χ1n) is 5.73. The predicted octanol–water partition coefficient (Wildman–Crippen LogP) is 3.57. The van der Waals surface area contributed by atoms with Gasteiger partial charge in [0.15, 0.2) is 0 Å². The molecular weight excluding hydrogens is 229 g/mol. The molecule has 0 unspecified atom stereocenters. The zero-order valence-corrected chi connectivity index (χ0v) is 10.8. The Morgan fingerprint density at radius 2 is 1.83 bits per heavy atom. The van der Waals surface area contributed by atoms with Gasteiger partial charge in [0.2, 0.25) is 0 Å². The fraction of sp³-hybridized carbons (Fsp3) is 0.200. The van der Waals surface area contributed by atoms with Crippen LogP contribution in [0.4, 0.5) is 10.1 Å². The van der Waals surface area contributed by atoms with E-state index in [0.717, 1.165) is 17.0 Å². The largest absolute Gasteiger partial charge is 0.497 e. The summed E-state index contributed by atoms with van der Waals surface area (Å²) >= 11 is 0. The second-order valence-electron chi connectivity index (χ2n) is 4.29. The Labute approximate surface area is 107 Å². The standard InChI is InChI=1S/C15H16FNO/c1-17(2)12-7-8-14(15(16)10-12)11-5-4-6-13(9-11)18-3/h4-10H,1-3H3. The van der Waals surface area contributed by atoms with Crippen LogP contribution in [-0.2, 0) is 0 Å². The maximum Gasteiger partial charge on any atom is 0.133 e. The Morgan fingerprint density at radius 3 is 2.44 bits per heavy atom. The Balaban J connectivity index is 2.44. The fourth-order valence-electron chi connectivity index (χ4n) is 1.81. The molecule has 0 aliphatic rings. The normalized spacial score (nSPS) is 10.2. The maximum absolute atomic E-state index is 14.1. The lowest BCUT2D eigenvalue weighted by Gasteiger charge is -2.14. The van der Waals surface area contributed by atoms with Crippen LogP contribution in [0, 0.1) is 5.82 Å². The molecule has 2 nitrogen and oxygen atoms in total. The number of anilines is 1. The van der Waals surface area contributed by atoms with Crippen LogP contribution in [0.5, 0.6) is 5.75 Å². The first kappa shape index (κ1) is 12.4. The van der Waals surface area contributed by atoms with E-state index < -0.39 is 0 Å². The van der Waals surface area contributed by atoms with Gasteiger partial charge in [0, 0.05) is 25.3 Å². The van der Waals surface area contributed by atoms with E-state index in [1.54, 1.807) is 13.2 Å². The third-order valence-electron chi connectivity index (χ3n) is 2.85. The predicted molar refractivity (Wildman–Crippen MR) is 72.7 cm³/mol. The second-order valence-corrected chi connectivity index (χ2v) is 4.29. The highest BCUT2D eigenvalue weighted by Crippen LogP contribution is 2.28. The lowest BCUT2D eigenvalue weighted by Crippen LogP contribution is -2.08. The van der Waals surface area contributed by atoms with E-state index in [4.69, 9.17) is 4.74 Å². The topological polar surface area (TPSA) is 12.5 Å². The number of methoxy groups -OCH3 is 1. The van der Waals surface area contributed by atoms with Crippen molar-refractivity contribution in [3.63, 3.8) is 0 Å². The summed E-state index contributed by atoms with van der Waals surface area (Å²) in [6.07, 6.45) is 0. The summed E-state index contributed by atoms with van der Waals surface area (Å²) in [6.45, 7) is 0. The summed E-state index contributed by atoms with van der Waals surface area (Å²) in [5.41, 5.74) is 2.25. The highest BCUT2D eigenvalue weighted by Gasteiger charge is 2.07. The third kappa shape index (κ3) is 2.45. The number of hydrogen-bond donors (Lipinski definition) is 0. The molecule has 0 amide bonds. The van der Waals surface area contributed by atoms with E-state index in [2.05, 4.69) is 0 Å². The van der Waals surface area contributed by atoms with E-state index in [9.17, 15) is 4.39 Å². The van der Waals surface area contributed by atoms with Gasteiger partial charge < -0.3 is 9.64 Å². The van der Waals surface area contributed by atoms with Gasteiger partial charge in [-0.05, 0) is 35.9 Å². The minimum atomic E-state index is -0.227. The van der Waals surface area contributed by atoms with Crippen LogP contribution in [-0.4, -0.2) is 21.2 Å². The van der Waals surface area contributed by atoms with Gasteiger partial charge in [-0.3, -0.25) is 0 Å². The molecule has 2 aromatic carbocycles. The van der Waals surface area contributed by atoms with Crippen molar-refractivity contribution in [3.8, 4) is 16.9 Å². The molecule has 2 aromatic rings. The van der Waals surface area contributed by atoms with E-state index >= 15 is 0 Å². The molecule has 0 N–H and O–H groups in total. The first-order valence-corrected chi connectivity index (χ1v) is 5.73. The van der Waals surface area contributed by atoms with Crippen molar-refractivity contribution in [2.45, 2.75) is 0 Å². The molecule has 0 aliphatic carbocycles. The molecule has 0 spiro atoms. The highest BCUT2D eigenvalue weighted by atomic mass is 19.1. The van der Waals surface area contributed by atoms with E-state index in [1.807, 2.05) is 49.3 Å². The zero-order valence-electron chi connectivity index (χ0n) is 10.8. The SMILES string of the molecule is COc1cccc(-c2ccc(N(C)C)cc2F)c1. The first-order chi connectivity index (χ1) is 8.61. The van der Waals surface area contributed by atoms with Gasteiger partial charge >= 0.3 is 0 Å². The van der Waals surface area contributed by atoms with E-state index in [1.165, 1.54) is 6.07 Å². The van der Waals surface area contributed by atoms with Crippen LogP contribution in [0.25, 0.3) is 11.1 Å². The smallest absolute Gasteiger partial charge is 0.133 e. The Bertz CT molecular complexity index is 552. The van der Waals surface area contributed by atoms with Gasteiger partial charge in [0.1, 0.15) is 11.6 Å². The van der Waals surface area contributed by atoms with Gasteiger partial charge in [-0.15, -0.1) is 0 Å². The fourth-order valence-corrected chi connectivity index (χ4v) is 1.81. The number of halogens is 1. The summed E-state index contributed by atoms with van der Waals surface area (Å²) in [6, 6.07) is 12.6. The van der Waals surface area contributed by atoms with Crippen molar-refractivity contribution in [2.75, 3.05) is 26.1 Å². The summed E-state index contributed by atoms with van der Waals surface area (Å²) in [4.78, 5) is 1.87. The van der Waals surface area contributed by atoms with Crippen LogP contribution in [0.1, 0.15) is 0 Å². The quantitative estimate of drug-likeness (QED) is 0.819. The van der Waals surface area contributed by atoms with Crippen molar-refractivity contribution in [2.24, 2.45) is 0 Å². The van der Waals surface area contributed by atoms with Gasteiger partial charge in [-0.2, -0.15) is 0 Å². The molecule has 0 atom stereocenters. The molecule has 0 fully saturated rings. The Kier molecular flexibility index (Phi) is 3.51. The number of hydrogen-bond acceptors (Lipinski definition) is 2. The number of rotatable bonds is 3. The number of nitrogens with zero attached hydrogens (tertiary/aromatic N) is 1. The van der Waals surface area contributed by atoms with Gasteiger partial charge in [-0.25, -0.2) is 4.39 Å². The second kappa shape index (κ2) is 5.08. The van der Waals surface area contributed by atoms with Crippen LogP contribution in [0.15, 0.2) is 42.5 Å². The molecule has 3 heteroatoms. The molecule has 2 rings (SSSR count). The maximum atomic E-state index is 14.1. The Hall–Kier alpha value is -2.03. The molecular formula is C15H16FNO. The monoisotopic (exact) mass is 245 g/mol. The molecule has 0 radical (unpaired) electrons. The van der Waals surface area contributed by atoms with Gasteiger partial charge in [-0.1, -0.05) is 12.1 Å². The van der Waals surface area contributed by atoms with E-state index in [0.29, 0.717) is 5.56 Å². The van der Waals surface area contributed by atoms with Crippen LogP contribution in [0.2, 0.25) is 0 Å². The van der Waals surface area contributed by atoms with Gasteiger partial charge in [0.25, 0.3) is 0 Å². The zero-order chi connectivity index (χ0) is 13.1. The average Bonchev–Trinajstić information content (AvgIpc) is 2.38. The highest BCUT2D eigenvalue weighted by molar-refractivity contribution is 5.68. The van der Waals surface area contributed by atoms with Crippen LogP contribution >= 0.6 is 0 Å². The summed E-state index contributed by atoms with van der Waals surface area (Å²) in [5.74, 6) is 0.498. The molecule has 0 aromatic heterocycles. The van der Waals surface area contributed by atoms with Crippen LogP contribution in [0.3, 0.4) is 0 Å². The minimum Gasteiger partial charge on any atom is -0.497 e. The number of benzene rings is 2. The summed E-state index contributed by atoms with van der Waals surface area (Å²) in [5, 5.41) is 0. The molecule has 0 heterocycles. The van der Waals surface area contributed by atoms with Crippen molar-refractivity contribution in [3.05, 3.63) is 48.3 Å². The molecule has 94 valence electrons. The Morgan fingerprint density at radius 1 is 1.06 bits per heavy atom. The van der Waals surface area contributed by atoms with Gasteiger partial charge in [0.05, 0.1) is 7.11 Å². The lowest BCUT2D eigenvalue weighted by molar-refractivity contribution is 0.415. The number of ether oxygens (including phenoxy) is 1. The van der Waals surface area contributed by atoms with Crippen molar-refractivity contribution >= 4 is 5.69 Å². The molecule has 0 aliphatic heterocycles. The van der Waals surface area contributed by atoms with Crippen molar-refractivity contribution in [1.29, 1.82) is 0 Å². The van der Waals surface area contributed by atoms with Crippen molar-refractivity contribution in [1.82, 2.24) is 0 Å². The molecule has 18 heavy (non-hydrogen) atoms. The molecule has 0 saturated carbocycles. The third-order valence-corrected chi connectivity index (χ3v) is 2.85. The summed E-state index contributed by atoms with van der Waals surface area (Å²) in [7, 11) is 5.38. The van der Waals surface area contributed by atoms with E-state index in [-0.39, 0.29) is 5.82 Å². The minimum absolute atomic E-state index is 0.227. The van der Waals surface area contributed by atoms with Crippen molar-refractivity contribution < 1.29 is 9.13 Å². The summed E-state index contributed by atoms with van der Waals surface area (Å²) < 4.78 is 19.2. The molecule has 0 bridgehead atoms. The van der Waals surface area contributed by atoms with Crippen LogP contribution < -0.4 is 9.64 Å². The average molecular weight is 245 g/mol.